The van der Waals surface area contributed by atoms with Crippen LogP contribution in [0.1, 0.15) is 18.2 Å². The molecule has 0 saturated heterocycles. The van der Waals surface area contributed by atoms with E-state index in [4.69, 9.17) is 4.74 Å². The van der Waals surface area contributed by atoms with Crippen molar-refractivity contribution in [2.75, 3.05) is 0 Å². The molecule has 0 saturated carbocycles. The Hall–Kier alpha value is -2.43. The Morgan fingerprint density at radius 1 is 1.53 bits per heavy atom. The van der Waals surface area contributed by atoms with Gasteiger partial charge in [0.15, 0.2) is 0 Å². The maximum atomic E-state index is 11.9. The number of hydrogen-bond acceptors (Lipinski definition) is 4. The van der Waals surface area contributed by atoms with Gasteiger partial charge >= 0.3 is 5.97 Å². The molecule has 2 aromatic heterocycles. The number of ether oxygens (including phenoxy) is 1. The molecule has 19 heavy (non-hydrogen) atoms. The van der Waals surface area contributed by atoms with Crippen molar-refractivity contribution in [2.45, 2.75) is 20.5 Å². The van der Waals surface area contributed by atoms with Crippen LogP contribution in [-0.2, 0) is 16.1 Å². The molecule has 0 N–H and O–H groups in total. The van der Waals surface area contributed by atoms with Crippen LogP contribution in [0.15, 0.2) is 41.3 Å². The predicted molar refractivity (Wildman–Crippen MR) is 70.8 cm³/mol. The molecule has 0 aromatic carbocycles. The second kappa shape index (κ2) is 5.48. The van der Waals surface area contributed by atoms with E-state index in [0.717, 1.165) is 5.56 Å². The lowest BCUT2D eigenvalue weighted by molar-refractivity contribution is -0.139. The van der Waals surface area contributed by atoms with E-state index >= 15 is 0 Å². The summed E-state index contributed by atoms with van der Waals surface area (Å²) in [6.07, 6.45) is 4.57. The highest BCUT2D eigenvalue weighted by atomic mass is 16.5. The zero-order chi connectivity index (χ0) is 13.8. The number of allylic oxidation sites excluding steroid dienone is 1. The number of hydrogen-bond donors (Lipinski definition) is 0. The van der Waals surface area contributed by atoms with Gasteiger partial charge in [0.05, 0.1) is 5.69 Å². The van der Waals surface area contributed by atoms with E-state index in [2.05, 4.69) is 4.98 Å². The predicted octanol–water partition coefficient (Wildman–Crippen LogP) is 1.62. The summed E-state index contributed by atoms with van der Waals surface area (Å²) >= 11 is 0. The van der Waals surface area contributed by atoms with Gasteiger partial charge in [-0.3, -0.25) is 9.20 Å². The van der Waals surface area contributed by atoms with Gasteiger partial charge < -0.3 is 4.74 Å². The van der Waals surface area contributed by atoms with E-state index in [9.17, 15) is 9.59 Å². The van der Waals surface area contributed by atoms with Gasteiger partial charge in [-0.05, 0) is 25.5 Å². The first kappa shape index (κ1) is 13.0. The van der Waals surface area contributed by atoms with Crippen molar-refractivity contribution in [1.82, 2.24) is 9.38 Å². The first-order chi connectivity index (χ1) is 9.11. The van der Waals surface area contributed by atoms with E-state index < -0.39 is 5.97 Å². The van der Waals surface area contributed by atoms with Gasteiger partial charge in [0, 0.05) is 18.3 Å². The fourth-order valence-electron chi connectivity index (χ4n) is 1.71. The quantitative estimate of drug-likeness (QED) is 0.620. The van der Waals surface area contributed by atoms with Crippen LogP contribution < -0.4 is 5.56 Å². The monoisotopic (exact) mass is 258 g/mol. The molecule has 0 fully saturated rings. The molecule has 5 nitrogen and oxygen atoms in total. The second-order valence-electron chi connectivity index (χ2n) is 4.08. The minimum atomic E-state index is -0.450. The maximum absolute atomic E-state index is 11.9. The Labute approximate surface area is 110 Å². The van der Waals surface area contributed by atoms with Crippen molar-refractivity contribution in [1.29, 1.82) is 0 Å². The molecular formula is C14H14N2O3. The van der Waals surface area contributed by atoms with Crippen LogP contribution in [0.4, 0.5) is 0 Å². The molecule has 0 atom stereocenters. The lowest BCUT2D eigenvalue weighted by Gasteiger charge is -2.06. The fourth-order valence-corrected chi connectivity index (χ4v) is 1.71. The third-order valence-electron chi connectivity index (χ3n) is 2.60. The summed E-state index contributed by atoms with van der Waals surface area (Å²) in [6.45, 7) is 3.59. The third-order valence-corrected chi connectivity index (χ3v) is 2.60. The van der Waals surface area contributed by atoms with Crippen LogP contribution in [-0.4, -0.2) is 15.4 Å². The normalized spacial score (nSPS) is 11.1. The second-order valence-corrected chi connectivity index (χ2v) is 4.08. The van der Waals surface area contributed by atoms with Crippen molar-refractivity contribution >= 4 is 11.6 Å². The summed E-state index contributed by atoms with van der Waals surface area (Å²) in [5.41, 5.74) is 1.72. The molecule has 5 heteroatoms. The highest BCUT2D eigenvalue weighted by Crippen LogP contribution is 2.06. The van der Waals surface area contributed by atoms with Gasteiger partial charge in [-0.1, -0.05) is 12.1 Å². The molecule has 0 spiro atoms. The first-order valence-corrected chi connectivity index (χ1v) is 5.89. The number of aryl methyl sites for hydroxylation is 1. The van der Waals surface area contributed by atoms with Gasteiger partial charge in [0.25, 0.3) is 5.56 Å². The number of nitrogens with zero attached hydrogens (tertiary/aromatic N) is 2. The smallest absolute Gasteiger partial charge is 0.330 e. The summed E-state index contributed by atoms with van der Waals surface area (Å²) in [5.74, 6) is -0.450. The summed E-state index contributed by atoms with van der Waals surface area (Å²) in [4.78, 5) is 27.4. The fraction of sp³-hybridized carbons (Fsp3) is 0.214. The minimum Gasteiger partial charge on any atom is -0.456 e. The molecule has 2 rings (SSSR count). The molecular weight excluding hydrogens is 244 g/mol. The minimum absolute atomic E-state index is 0.0107. The van der Waals surface area contributed by atoms with E-state index in [1.54, 1.807) is 25.3 Å². The zero-order valence-corrected chi connectivity index (χ0v) is 10.8. The summed E-state index contributed by atoms with van der Waals surface area (Å²) in [7, 11) is 0. The number of fused-ring (bicyclic) bond motifs is 1. The molecule has 0 unspecified atom stereocenters. The number of carbonyl (C=O) groups excluding carboxylic acids is 1. The van der Waals surface area contributed by atoms with Gasteiger partial charge in [0.1, 0.15) is 12.3 Å². The van der Waals surface area contributed by atoms with Crippen LogP contribution in [0.25, 0.3) is 5.65 Å². The van der Waals surface area contributed by atoms with Gasteiger partial charge in [-0.25, -0.2) is 9.78 Å². The molecule has 0 bridgehead atoms. The third kappa shape index (κ3) is 2.88. The Morgan fingerprint density at radius 2 is 2.32 bits per heavy atom. The largest absolute Gasteiger partial charge is 0.456 e. The van der Waals surface area contributed by atoms with Gasteiger partial charge in [-0.2, -0.15) is 0 Å². The molecule has 2 heterocycles. The van der Waals surface area contributed by atoms with Crippen LogP contribution >= 0.6 is 0 Å². The average Bonchev–Trinajstić information content (AvgIpc) is 2.38. The van der Waals surface area contributed by atoms with Crippen LogP contribution in [0.2, 0.25) is 0 Å². The van der Waals surface area contributed by atoms with Crippen LogP contribution in [0.3, 0.4) is 0 Å². The van der Waals surface area contributed by atoms with Crippen molar-refractivity contribution in [2.24, 2.45) is 0 Å². The van der Waals surface area contributed by atoms with Crippen molar-refractivity contribution in [3.8, 4) is 0 Å². The number of pyridine rings is 1. The Bertz CT molecular complexity index is 701. The Kier molecular flexibility index (Phi) is 3.75. The van der Waals surface area contributed by atoms with Crippen LogP contribution in [0.5, 0.6) is 0 Å². The molecule has 0 radical (unpaired) electrons. The first-order valence-electron chi connectivity index (χ1n) is 5.89. The van der Waals surface area contributed by atoms with E-state index in [0.29, 0.717) is 11.3 Å². The number of esters is 1. The van der Waals surface area contributed by atoms with Crippen LogP contribution in [0, 0.1) is 6.92 Å². The van der Waals surface area contributed by atoms with Crippen molar-refractivity contribution in [3.63, 3.8) is 0 Å². The molecule has 0 aliphatic rings. The molecule has 98 valence electrons. The number of aromatic nitrogens is 2. The van der Waals surface area contributed by atoms with Crippen molar-refractivity contribution in [3.05, 3.63) is 58.2 Å². The summed E-state index contributed by atoms with van der Waals surface area (Å²) < 4.78 is 6.44. The Morgan fingerprint density at radius 3 is 3.05 bits per heavy atom. The molecule has 0 aliphatic carbocycles. The van der Waals surface area contributed by atoms with E-state index in [1.165, 1.54) is 16.5 Å². The number of rotatable bonds is 3. The topological polar surface area (TPSA) is 60.7 Å². The highest BCUT2D eigenvalue weighted by Gasteiger charge is 2.06. The van der Waals surface area contributed by atoms with Crippen molar-refractivity contribution < 1.29 is 9.53 Å². The van der Waals surface area contributed by atoms with E-state index in [-0.39, 0.29) is 12.2 Å². The average molecular weight is 258 g/mol. The molecule has 2 aromatic rings. The lowest BCUT2D eigenvalue weighted by atomic mass is 10.3. The lowest BCUT2D eigenvalue weighted by Crippen LogP contribution is -2.17. The standard InChI is InChI=1S/C14H14N2O3/c1-3-5-13(18)19-9-11-8-12(17)16-7-4-6-10(2)14(16)15-11/h3-8H,9H2,1-2H3/b5-3+. The molecule has 0 amide bonds. The maximum Gasteiger partial charge on any atom is 0.330 e. The molecule has 0 aliphatic heterocycles. The highest BCUT2D eigenvalue weighted by molar-refractivity contribution is 5.81. The number of carbonyl (C=O) groups is 1. The van der Waals surface area contributed by atoms with Gasteiger partial charge in [-0.15, -0.1) is 0 Å². The Balaban J connectivity index is 2.33. The zero-order valence-electron chi connectivity index (χ0n) is 10.8. The summed E-state index contributed by atoms with van der Waals surface area (Å²) in [6, 6.07) is 5.03. The van der Waals surface area contributed by atoms with E-state index in [1.807, 2.05) is 13.0 Å². The SMILES string of the molecule is C/C=C/C(=O)OCc1cc(=O)n2cccc(C)c2n1. The van der Waals surface area contributed by atoms with Gasteiger partial charge in [0.2, 0.25) is 0 Å². The summed E-state index contributed by atoms with van der Waals surface area (Å²) in [5, 5.41) is 0.